The summed E-state index contributed by atoms with van der Waals surface area (Å²) in [6, 6.07) is 22.0. The molecule has 0 saturated heterocycles. The quantitative estimate of drug-likeness (QED) is 0.331. The molecule has 0 radical (unpaired) electrons. The van der Waals surface area contributed by atoms with Gasteiger partial charge in [0.1, 0.15) is 5.52 Å². The van der Waals surface area contributed by atoms with Crippen molar-refractivity contribution in [2.75, 3.05) is 0 Å². The lowest BCUT2D eigenvalue weighted by atomic mass is 10.0. The van der Waals surface area contributed by atoms with Crippen molar-refractivity contribution in [3.8, 4) is 0 Å². The number of carbonyl (C=O) groups is 2. The van der Waals surface area contributed by atoms with Crippen LogP contribution in [0.5, 0.6) is 0 Å². The van der Waals surface area contributed by atoms with Gasteiger partial charge in [-0.1, -0.05) is 60.7 Å². The second-order valence-corrected chi connectivity index (χ2v) is 7.38. The number of aromatic nitrogens is 3. The Bertz CT molecular complexity index is 1230. The Morgan fingerprint density at radius 1 is 0.968 bits per heavy atom. The molecular weight excluding hydrogens is 390 g/mol. The highest BCUT2D eigenvalue weighted by Crippen LogP contribution is 2.18. The summed E-state index contributed by atoms with van der Waals surface area (Å²) >= 11 is 0. The van der Waals surface area contributed by atoms with Gasteiger partial charge in [0.05, 0.1) is 17.6 Å². The fourth-order valence-corrected chi connectivity index (χ4v) is 3.48. The molecule has 0 N–H and O–H groups in total. The minimum atomic E-state index is -1.04. The van der Waals surface area contributed by atoms with Crippen LogP contribution in [-0.2, 0) is 17.7 Å². The van der Waals surface area contributed by atoms with Crippen molar-refractivity contribution in [2.24, 2.45) is 0 Å². The van der Waals surface area contributed by atoms with Crippen molar-refractivity contribution in [3.05, 3.63) is 95.1 Å². The molecule has 1 heterocycles. The van der Waals surface area contributed by atoms with E-state index in [9.17, 15) is 9.59 Å². The molecule has 0 amide bonds. The number of ether oxygens (including phenoxy) is 1. The third-order valence-corrected chi connectivity index (χ3v) is 5.31. The zero-order chi connectivity index (χ0) is 21.8. The number of fused-ring (bicyclic) bond motifs is 1. The van der Waals surface area contributed by atoms with Gasteiger partial charge in [-0.2, -0.15) is 0 Å². The molecule has 156 valence electrons. The maximum Gasteiger partial charge on any atom is 0.338 e. The third kappa shape index (κ3) is 4.38. The SMILES string of the molecule is CCc1ccc(C(=O)OC(Cn2nnc3ccccc32)C(=O)c2ccccc2C)cc1. The van der Waals surface area contributed by atoms with Gasteiger partial charge in [-0.3, -0.25) is 4.79 Å². The highest BCUT2D eigenvalue weighted by molar-refractivity contribution is 6.02. The second kappa shape index (κ2) is 8.92. The Balaban J connectivity index is 1.65. The van der Waals surface area contributed by atoms with E-state index in [0.717, 1.165) is 23.1 Å². The summed E-state index contributed by atoms with van der Waals surface area (Å²) in [7, 11) is 0. The second-order valence-electron chi connectivity index (χ2n) is 7.38. The fourth-order valence-electron chi connectivity index (χ4n) is 3.48. The topological polar surface area (TPSA) is 74.1 Å². The maximum atomic E-state index is 13.4. The maximum absolute atomic E-state index is 13.4. The minimum Gasteiger partial charge on any atom is -0.448 e. The first-order valence-electron chi connectivity index (χ1n) is 10.2. The van der Waals surface area contributed by atoms with Gasteiger partial charge in [0.25, 0.3) is 0 Å². The van der Waals surface area contributed by atoms with Crippen molar-refractivity contribution in [1.29, 1.82) is 0 Å². The smallest absolute Gasteiger partial charge is 0.338 e. The average Bonchev–Trinajstić information content (AvgIpc) is 3.21. The number of aryl methyl sites for hydroxylation is 2. The molecule has 0 aliphatic rings. The van der Waals surface area contributed by atoms with E-state index >= 15 is 0 Å². The van der Waals surface area contributed by atoms with Crippen LogP contribution in [0.25, 0.3) is 11.0 Å². The molecule has 31 heavy (non-hydrogen) atoms. The van der Waals surface area contributed by atoms with E-state index in [4.69, 9.17) is 4.74 Å². The standard InChI is InChI=1S/C25H23N3O3/c1-3-18-12-14-19(15-13-18)25(30)31-23(24(29)20-9-5-4-8-17(20)2)16-28-22-11-7-6-10-21(22)26-27-28/h4-15,23H,3,16H2,1-2H3. The Kier molecular flexibility index (Phi) is 5.89. The van der Waals surface area contributed by atoms with Crippen molar-refractivity contribution in [1.82, 2.24) is 15.0 Å². The molecule has 1 atom stereocenters. The molecule has 4 aromatic rings. The molecule has 0 aliphatic heterocycles. The van der Waals surface area contributed by atoms with E-state index < -0.39 is 12.1 Å². The van der Waals surface area contributed by atoms with Crippen LogP contribution in [0.3, 0.4) is 0 Å². The van der Waals surface area contributed by atoms with Crippen molar-refractivity contribution >= 4 is 22.8 Å². The molecule has 1 unspecified atom stereocenters. The van der Waals surface area contributed by atoms with Crippen molar-refractivity contribution in [2.45, 2.75) is 32.9 Å². The largest absolute Gasteiger partial charge is 0.448 e. The number of nitrogens with zero attached hydrogens (tertiary/aromatic N) is 3. The molecule has 0 bridgehead atoms. The van der Waals surface area contributed by atoms with Crippen molar-refractivity contribution in [3.63, 3.8) is 0 Å². The summed E-state index contributed by atoms with van der Waals surface area (Å²) in [6.07, 6.45) is -0.159. The minimum absolute atomic E-state index is 0.0759. The van der Waals surface area contributed by atoms with Crippen LogP contribution in [0.15, 0.2) is 72.8 Å². The summed E-state index contributed by atoms with van der Waals surface area (Å²) in [4.78, 5) is 26.2. The first-order chi connectivity index (χ1) is 15.1. The predicted octanol–water partition coefficient (Wildman–Crippen LogP) is 4.41. The van der Waals surface area contributed by atoms with Gasteiger partial charge in [-0.05, 0) is 48.7 Å². The Labute approximate surface area is 180 Å². The summed E-state index contributed by atoms with van der Waals surface area (Å²) in [5.74, 6) is -0.810. The van der Waals surface area contributed by atoms with Crippen LogP contribution in [0, 0.1) is 6.92 Å². The van der Waals surface area contributed by atoms with Crippen LogP contribution in [0.4, 0.5) is 0 Å². The normalized spacial score (nSPS) is 11.9. The number of esters is 1. The number of hydrogen-bond acceptors (Lipinski definition) is 5. The van der Waals surface area contributed by atoms with E-state index in [1.807, 2.05) is 62.4 Å². The van der Waals surface area contributed by atoms with E-state index in [1.54, 1.807) is 28.9 Å². The molecule has 4 rings (SSSR count). The molecule has 0 spiro atoms. The molecule has 0 aliphatic carbocycles. The number of para-hydroxylation sites is 1. The van der Waals surface area contributed by atoms with Gasteiger partial charge in [0, 0.05) is 5.56 Å². The van der Waals surface area contributed by atoms with E-state index in [2.05, 4.69) is 10.3 Å². The number of benzene rings is 3. The van der Waals surface area contributed by atoms with E-state index in [0.29, 0.717) is 16.6 Å². The molecule has 0 saturated carbocycles. The molecule has 6 heteroatoms. The Morgan fingerprint density at radius 3 is 2.42 bits per heavy atom. The zero-order valence-electron chi connectivity index (χ0n) is 17.5. The Morgan fingerprint density at radius 2 is 1.68 bits per heavy atom. The first-order valence-corrected chi connectivity index (χ1v) is 10.2. The molecule has 6 nitrogen and oxygen atoms in total. The highest BCUT2D eigenvalue weighted by atomic mass is 16.5. The van der Waals surface area contributed by atoms with Crippen LogP contribution in [-0.4, -0.2) is 32.9 Å². The zero-order valence-corrected chi connectivity index (χ0v) is 17.5. The Hall–Kier alpha value is -3.80. The van der Waals surface area contributed by atoms with Gasteiger partial charge in [0.2, 0.25) is 5.78 Å². The van der Waals surface area contributed by atoms with Gasteiger partial charge in [-0.15, -0.1) is 5.10 Å². The number of Topliss-reactive ketones (excluding diaryl/α,β-unsaturated/α-hetero) is 1. The predicted molar refractivity (Wildman–Crippen MR) is 118 cm³/mol. The third-order valence-electron chi connectivity index (χ3n) is 5.31. The van der Waals surface area contributed by atoms with E-state index in [1.165, 1.54) is 0 Å². The average molecular weight is 413 g/mol. The lowest BCUT2D eigenvalue weighted by molar-refractivity contribution is 0.0244. The van der Waals surface area contributed by atoms with Crippen LogP contribution >= 0.6 is 0 Å². The summed E-state index contributed by atoms with van der Waals surface area (Å²) in [5.41, 5.74) is 4.36. The highest BCUT2D eigenvalue weighted by Gasteiger charge is 2.27. The van der Waals surface area contributed by atoms with Gasteiger partial charge in [-0.25, -0.2) is 9.48 Å². The number of hydrogen-bond donors (Lipinski definition) is 0. The van der Waals surface area contributed by atoms with Crippen molar-refractivity contribution < 1.29 is 14.3 Å². The molecule has 1 aromatic heterocycles. The van der Waals surface area contributed by atoms with Gasteiger partial charge < -0.3 is 4.74 Å². The van der Waals surface area contributed by atoms with Crippen LogP contribution in [0.1, 0.15) is 38.8 Å². The lowest BCUT2D eigenvalue weighted by Gasteiger charge is -2.18. The summed E-state index contributed by atoms with van der Waals surface area (Å²) in [6.45, 7) is 3.99. The summed E-state index contributed by atoms with van der Waals surface area (Å²) in [5, 5.41) is 8.30. The van der Waals surface area contributed by atoms with Crippen LogP contribution < -0.4 is 0 Å². The molecular formula is C25H23N3O3. The lowest BCUT2D eigenvalue weighted by Crippen LogP contribution is -2.32. The first kappa shape index (κ1) is 20.5. The van der Waals surface area contributed by atoms with Crippen LogP contribution in [0.2, 0.25) is 0 Å². The monoisotopic (exact) mass is 413 g/mol. The molecule has 3 aromatic carbocycles. The van der Waals surface area contributed by atoms with Gasteiger partial charge >= 0.3 is 5.97 Å². The number of rotatable bonds is 7. The molecule has 0 fully saturated rings. The number of ketones is 1. The van der Waals surface area contributed by atoms with E-state index in [-0.39, 0.29) is 12.3 Å². The summed E-state index contributed by atoms with van der Waals surface area (Å²) < 4.78 is 7.33. The number of carbonyl (C=O) groups excluding carboxylic acids is 2. The van der Waals surface area contributed by atoms with Gasteiger partial charge in [0.15, 0.2) is 6.10 Å². The fraction of sp³-hybridized carbons (Fsp3) is 0.200.